The van der Waals surface area contributed by atoms with Crippen LogP contribution in [-0.2, 0) is 41.8 Å². The first-order valence-corrected chi connectivity index (χ1v) is 12.5. The van der Waals surface area contributed by atoms with Crippen molar-refractivity contribution in [2.75, 3.05) is 0 Å². The van der Waals surface area contributed by atoms with Crippen LogP contribution in [0.3, 0.4) is 0 Å². The van der Waals surface area contributed by atoms with E-state index in [1.54, 1.807) is 6.20 Å². The predicted molar refractivity (Wildman–Crippen MR) is 145 cm³/mol. The summed E-state index contributed by atoms with van der Waals surface area (Å²) in [6.07, 6.45) is 1.76. The SMILES string of the molecule is [2H]c1[c-]c(-c2ccc(-c3nc(C(C)(C)C)nc(C(C)(C)C)n3)cn2)c([2H])c2c1C(C)(C)C(C)(C)C2(C)C.[Ir]. The molecule has 4 rings (SSSR count). The summed E-state index contributed by atoms with van der Waals surface area (Å²) < 4.78 is 18.1. The third kappa shape index (κ3) is 4.47. The first kappa shape index (κ1) is 25.7. The Morgan fingerprint density at radius 1 is 0.778 bits per heavy atom. The number of benzene rings is 1. The third-order valence-electron chi connectivity index (χ3n) is 8.44. The molecule has 0 atom stereocenters. The Balaban J connectivity index is 0.00000400. The van der Waals surface area contributed by atoms with Crippen LogP contribution in [0.25, 0.3) is 22.6 Å². The van der Waals surface area contributed by atoms with Gasteiger partial charge in [-0.1, -0.05) is 95.2 Å². The minimum Gasteiger partial charge on any atom is -0.304 e. The van der Waals surface area contributed by atoms with E-state index in [0.29, 0.717) is 29.2 Å². The van der Waals surface area contributed by atoms with E-state index in [9.17, 15) is 1.37 Å². The average Bonchev–Trinajstić information content (AvgIpc) is 2.89. The maximum Gasteiger partial charge on any atom is 0.164 e. The summed E-state index contributed by atoms with van der Waals surface area (Å²) in [6.45, 7) is 25.8. The van der Waals surface area contributed by atoms with Gasteiger partial charge in [0.1, 0.15) is 11.6 Å². The quantitative estimate of drug-likeness (QED) is 0.265. The molecule has 0 fully saturated rings. The molecular weight excluding hydrogens is 621 g/mol. The van der Waals surface area contributed by atoms with Crippen LogP contribution >= 0.6 is 0 Å². The van der Waals surface area contributed by atoms with Crippen molar-refractivity contribution in [3.05, 3.63) is 59.3 Å². The van der Waals surface area contributed by atoms with Crippen LogP contribution in [0.4, 0.5) is 0 Å². The van der Waals surface area contributed by atoms with Crippen molar-refractivity contribution < 1.29 is 22.8 Å². The maximum absolute atomic E-state index is 9.19. The number of hydrogen-bond donors (Lipinski definition) is 0. The molecular formula is C31H41IrN4-. The van der Waals surface area contributed by atoms with Crippen LogP contribution in [0.15, 0.2) is 30.4 Å². The Hall–Kier alpha value is -1.97. The van der Waals surface area contributed by atoms with Crippen molar-refractivity contribution in [2.24, 2.45) is 5.41 Å². The Morgan fingerprint density at radius 3 is 1.78 bits per heavy atom. The molecule has 1 aromatic carbocycles. The van der Waals surface area contributed by atoms with E-state index in [2.05, 4.69) is 89.2 Å². The average molecular weight is 664 g/mol. The van der Waals surface area contributed by atoms with Gasteiger partial charge < -0.3 is 4.98 Å². The van der Waals surface area contributed by atoms with Crippen molar-refractivity contribution in [1.82, 2.24) is 19.9 Å². The molecule has 0 amide bonds. The number of fused-ring (bicyclic) bond motifs is 1. The molecule has 1 aliphatic rings. The standard InChI is InChI=1S/C31H41N4.Ir/c1-27(2,3)25-33-24(34-26(35-25)28(4,5)6)20-14-16-23(32-18-20)19-13-15-21-22(17-19)30(9,10)31(11,12)29(21,7)8;/h14-18H,1-12H3;/q-1;/i15D,17D;. The zero-order chi connectivity index (χ0) is 27.9. The topological polar surface area (TPSA) is 51.6 Å². The van der Waals surface area contributed by atoms with Gasteiger partial charge in [-0.2, -0.15) is 0 Å². The third-order valence-corrected chi connectivity index (χ3v) is 8.44. The Bertz CT molecular complexity index is 1350. The molecule has 2 heterocycles. The van der Waals surface area contributed by atoms with Crippen LogP contribution in [0.1, 0.15) is 109 Å². The molecule has 0 saturated carbocycles. The van der Waals surface area contributed by atoms with Gasteiger partial charge in [-0.3, -0.25) is 0 Å². The van der Waals surface area contributed by atoms with Gasteiger partial charge in [0.05, 0.1) is 0 Å². The van der Waals surface area contributed by atoms with Gasteiger partial charge in [0, 0.05) is 44.1 Å². The fourth-order valence-electron chi connectivity index (χ4n) is 4.73. The second kappa shape index (κ2) is 8.81. The van der Waals surface area contributed by atoms with E-state index in [4.69, 9.17) is 21.3 Å². The largest absolute Gasteiger partial charge is 0.304 e. The van der Waals surface area contributed by atoms with Gasteiger partial charge in [0.25, 0.3) is 0 Å². The number of pyridine rings is 1. The molecule has 0 saturated heterocycles. The summed E-state index contributed by atoms with van der Waals surface area (Å²) >= 11 is 0. The second-order valence-electron chi connectivity index (χ2n) is 13.6. The van der Waals surface area contributed by atoms with E-state index in [1.807, 2.05) is 12.1 Å². The monoisotopic (exact) mass is 664 g/mol. The molecule has 4 nitrogen and oxygen atoms in total. The zero-order valence-electron chi connectivity index (χ0n) is 25.9. The number of aromatic nitrogens is 4. The summed E-state index contributed by atoms with van der Waals surface area (Å²) in [6, 6.07) is 7.83. The molecule has 5 heteroatoms. The van der Waals surface area contributed by atoms with E-state index < -0.39 is 0 Å². The smallest absolute Gasteiger partial charge is 0.164 e. The van der Waals surface area contributed by atoms with Crippen molar-refractivity contribution in [2.45, 2.75) is 105 Å². The van der Waals surface area contributed by atoms with Crippen molar-refractivity contribution in [1.29, 1.82) is 0 Å². The Kier molecular flexibility index (Phi) is 6.28. The van der Waals surface area contributed by atoms with Crippen LogP contribution in [0, 0.1) is 11.5 Å². The van der Waals surface area contributed by atoms with Gasteiger partial charge in [-0.25, -0.2) is 15.0 Å². The van der Waals surface area contributed by atoms with Crippen molar-refractivity contribution in [3.8, 4) is 22.6 Å². The number of hydrogen-bond acceptors (Lipinski definition) is 4. The minimum atomic E-state index is -0.278. The molecule has 36 heavy (non-hydrogen) atoms. The Morgan fingerprint density at radius 2 is 1.31 bits per heavy atom. The Labute approximate surface area is 234 Å². The van der Waals surface area contributed by atoms with Gasteiger partial charge >= 0.3 is 0 Å². The maximum atomic E-state index is 9.19. The first-order valence-electron chi connectivity index (χ1n) is 13.5. The van der Waals surface area contributed by atoms with E-state index in [0.717, 1.165) is 28.3 Å². The molecule has 3 aromatic rings. The minimum absolute atomic E-state index is 0. The predicted octanol–water partition coefficient (Wildman–Crippen LogP) is 7.59. The number of nitrogens with zero attached hydrogens (tertiary/aromatic N) is 4. The van der Waals surface area contributed by atoms with Crippen molar-refractivity contribution in [3.63, 3.8) is 0 Å². The molecule has 0 unspecified atom stereocenters. The summed E-state index contributed by atoms with van der Waals surface area (Å²) in [7, 11) is 0. The fraction of sp³-hybridized carbons (Fsp3) is 0.548. The molecule has 0 bridgehead atoms. The zero-order valence-corrected chi connectivity index (χ0v) is 26.2. The second-order valence-corrected chi connectivity index (χ2v) is 13.6. The van der Waals surface area contributed by atoms with Gasteiger partial charge in [0.2, 0.25) is 0 Å². The summed E-state index contributed by atoms with van der Waals surface area (Å²) in [5.41, 5.74) is 2.76. The molecule has 1 radical (unpaired) electrons. The van der Waals surface area contributed by atoms with Crippen LogP contribution in [0.5, 0.6) is 0 Å². The summed E-state index contributed by atoms with van der Waals surface area (Å²) in [5.74, 6) is 2.09. The first-order chi connectivity index (χ1) is 16.7. The van der Waals surface area contributed by atoms with Crippen LogP contribution in [0.2, 0.25) is 0 Å². The molecule has 1 aliphatic carbocycles. The molecule has 0 spiro atoms. The number of rotatable bonds is 2. The van der Waals surface area contributed by atoms with Crippen LogP contribution < -0.4 is 0 Å². The van der Waals surface area contributed by atoms with Gasteiger partial charge in [0.15, 0.2) is 5.82 Å². The molecule has 0 N–H and O–H groups in total. The fourth-order valence-corrected chi connectivity index (χ4v) is 4.73. The van der Waals surface area contributed by atoms with Gasteiger partial charge in [-0.15, -0.1) is 34.8 Å². The van der Waals surface area contributed by atoms with E-state index in [-0.39, 0.29) is 47.2 Å². The molecule has 0 aliphatic heterocycles. The van der Waals surface area contributed by atoms with Crippen LogP contribution in [-0.4, -0.2) is 19.9 Å². The summed E-state index contributed by atoms with van der Waals surface area (Å²) in [5, 5.41) is 0. The molecule has 195 valence electrons. The van der Waals surface area contributed by atoms with Crippen molar-refractivity contribution >= 4 is 0 Å². The normalized spacial score (nSPS) is 18.7. The van der Waals surface area contributed by atoms with E-state index >= 15 is 0 Å². The molecule has 2 aromatic heterocycles. The summed E-state index contributed by atoms with van der Waals surface area (Å²) in [4.78, 5) is 19.1. The van der Waals surface area contributed by atoms with E-state index in [1.165, 1.54) is 0 Å². The van der Waals surface area contributed by atoms with Gasteiger partial charge in [-0.05, 0) is 23.3 Å².